The number of piperidine rings is 1. The Morgan fingerprint density at radius 2 is 2.00 bits per heavy atom. The second-order valence-electron chi connectivity index (χ2n) is 6.37. The van der Waals surface area contributed by atoms with Crippen molar-refractivity contribution >= 4 is 5.69 Å². The molecule has 0 aromatic heterocycles. The molecule has 1 fully saturated rings. The molecule has 1 aliphatic rings. The first-order chi connectivity index (χ1) is 10.0. The SMILES string of the molecule is COc1cccc(N2CCC(CN(C)C)CC2)c1[C@@H](C)N. The normalized spacial score (nSPS) is 18.1. The monoisotopic (exact) mass is 291 g/mol. The maximum absolute atomic E-state index is 6.18. The molecule has 1 aromatic carbocycles. The highest BCUT2D eigenvalue weighted by molar-refractivity contribution is 5.61. The minimum absolute atomic E-state index is 0.0179. The second-order valence-corrected chi connectivity index (χ2v) is 6.37. The lowest BCUT2D eigenvalue weighted by molar-refractivity contribution is 0.285. The fourth-order valence-electron chi connectivity index (χ4n) is 3.32. The molecule has 0 saturated carbocycles. The molecule has 1 heterocycles. The Hall–Kier alpha value is -1.26. The van der Waals surface area contributed by atoms with Gasteiger partial charge in [0.25, 0.3) is 0 Å². The number of methoxy groups -OCH3 is 1. The maximum Gasteiger partial charge on any atom is 0.125 e. The van der Waals surface area contributed by atoms with Crippen LogP contribution in [-0.2, 0) is 0 Å². The van der Waals surface area contributed by atoms with Gasteiger partial charge in [-0.3, -0.25) is 0 Å². The van der Waals surface area contributed by atoms with Gasteiger partial charge in [-0.2, -0.15) is 0 Å². The molecule has 21 heavy (non-hydrogen) atoms. The Balaban J connectivity index is 2.13. The number of hydrogen-bond donors (Lipinski definition) is 1. The lowest BCUT2D eigenvalue weighted by Crippen LogP contribution is -2.37. The van der Waals surface area contributed by atoms with Crippen LogP contribution in [0.1, 0.15) is 31.4 Å². The summed E-state index contributed by atoms with van der Waals surface area (Å²) in [5.74, 6) is 1.71. The number of hydrogen-bond acceptors (Lipinski definition) is 4. The lowest BCUT2D eigenvalue weighted by Gasteiger charge is -2.36. The molecule has 2 rings (SSSR count). The van der Waals surface area contributed by atoms with Crippen molar-refractivity contribution in [3.63, 3.8) is 0 Å². The van der Waals surface area contributed by atoms with Crippen LogP contribution < -0.4 is 15.4 Å². The first kappa shape index (κ1) is 16.1. The molecule has 1 atom stereocenters. The van der Waals surface area contributed by atoms with Gasteiger partial charge in [0.2, 0.25) is 0 Å². The zero-order valence-corrected chi connectivity index (χ0v) is 13.8. The van der Waals surface area contributed by atoms with E-state index in [-0.39, 0.29) is 6.04 Å². The molecule has 4 nitrogen and oxygen atoms in total. The van der Waals surface area contributed by atoms with Crippen molar-refractivity contribution in [2.24, 2.45) is 11.7 Å². The summed E-state index contributed by atoms with van der Waals surface area (Å²) in [6.45, 7) is 5.42. The zero-order valence-electron chi connectivity index (χ0n) is 13.8. The third kappa shape index (κ3) is 3.89. The lowest BCUT2D eigenvalue weighted by atomic mass is 9.94. The molecule has 0 amide bonds. The van der Waals surface area contributed by atoms with Crippen LogP contribution in [-0.4, -0.2) is 45.7 Å². The summed E-state index contributed by atoms with van der Waals surface area (Å²) < 4.78 is 5.50. The van der Waals surface area contributed by atoms with Crippen LogP contribution in [0.3, 0.4) is 0 Å². The van der Waals surface area contributed by atoms with E-state index in [2.05, 4.69) is 36.0 Å². The van der Waals surface area contributed by atoms with Crippen molar-refractivity contribution in [1.29, 1.82) is 0 Å². The standard InChI is InChI=1S/C17H29N3O/c1-13(18)17-15(6-5-7-16(17)21-4)20-10-8-14(9-11-20)12-19(2)3/h5-7,13-14H,8-12,18H2,1-4H3/t13-/m1/s1. The van der Waals surface area contributed by atoms with E-state index in [4.69, 9.17) is 10.5 Å². The number of rotatable bonds is 5. The quantitative estimate of drug-likeness (QED) is 0.905. The molecule has 4 heteroatoms. The molecular formula is C17H29N3O. The van der Waals surface area contributed by atoms with Crippen molar-refractivity contribution in [1.82, 2.24) is 4.90 Å². The molecule has 0 aliphatic carbocycles. The molecule has 1 aliphatic heterocycles. The largest absolute Gasteiger partial charge is 0.496 e. The van der Waals surface area contributed by atoms with E-state index in [1.54, 1.807) is 7.11 Å². The minimum atomic E-state index is -0.0179. The molecule has 1 saturated heterocycles. The molecular weight excluding hydrogens is 262 g/mol. The van der Waals surface area contributed by atoms with E-state index in [0.717, 1.165) is 30.3 Å². The third-order valence-electron chi connectivity index (χ3n) is 4.30. The number of ether oxygens (including phenoxy) is 1. The van der Waals surface area contributed by atoms with Gasteiger partial charge in [0.15, 0.2) is 0 Å². The van der Waals surface area contributed by atoms with Crippen molar-refractivity contribution in [3.8, 4) is 5.75 Å². The maximum atomic E-state index is 6.18. The minimum Gasteiger partial charge on any atom is -0.496 e. The van der Waals surface area contributed by atoms with Gasteiger partial charge < -0.3 is 20.3 Å². The van der Waals surface area contributed by atoms with Gasteiger partial charge in [-0.05, 0) is 51.9 Å². The Morgan fingerprint density at radius 1 is 1.33 bits per heavy atom. The summed E-state index contributed by atoms with van der Waals surface area (Å²) in [5.41, 5.74) is 8.55. The van der Waals surface area contributed by atoms with Gasteiger partial charge in [-0.15, -0.1) is 0 Å². The van der Waals surface area contributed by atoms with Gasteiger partial charge in [0, 0.05) is 36.9 Å². The number of nitrogens with zero attached hydrogens (tertiary/aromatic N) is 2. The van der Waals surface area contributed by atoms with Gasteiger partial charge in [0.05, 0.1) is 7.11 Å². The highest BCUT2D eigenvalue weighted by atomic mass is 16.5. The number of anilines is 1. The van der Waals surface area contributed by atoms with Crippen LogP contribution >= 0.6 is 0 Å². The first-order valence-electron chi connectivity index (χ1n) is 7.85. The predicted molar refractivity (Wildman–Crippen MR) is 89.1 cm³/mol. The van der Waals surface area contributed by atoms with Crippen LogP contribution in [0.5, 0.6) is 5.75 Å². The van der Waals surface area contributed by atoms with Crippen LogP contribution in [0.15, 0.2) is 18.2 Å². The van der Waals surface area contributed by atoms with E-state index < -0.39 is 0 Å². The molecule has 118 valence electrons. The predicted octanol–water partition coefficient (Wildman–Crippen LogP) is 2.49. The van der Waals surface area contributed by atoms with E-state index in [1.807, 2.05) is 13.0 Å². The first-order valence-corrected chi connectivity index (χ1v) is 7.85. The van der Waals surface area contributed by atoms with Gasteiger partial charge in [-0.25, -0.2) is 0 Å². The molecule has 2 N–H and O–H groups in total. The highest BCUT2D eigenvalue weighted by Crippen LogP contribution is 2.35. The average Bonchev–Trinajstić information content (AvgIpc) is 2.46. The van der Waals surface area contributed by atoms with Gasteiger partial charge in [0.1, 0.15) is 5.75 Å². The van der Waals surface area contributed by atoms with E-state index in [9.17, 15) is 0 Å². The van der Waals surface area contributed by atoms with Gasteiger partial charge >= 0.3 is 0 Å². The second kappa shape index (κ2) is 7.14. The summed E-state index contributed by atoms with van der Waals surface area (Å²) >= 11 is 0. The molecule has 1 aromatic rings. The van der Waals surface area contributed by atoms with E-state index in [0.29, 0.717) is 0 Å². The number of nitrogens with two attached hydrogens (primary N) is 1. The van der Waals surface area contributed by atoms with E-state index in [1.165, 1.54) is 25.1 Å². The Labute approximate surface area is 128 Å². The summed E-state index contributed by atoms with van der Waals surface area (Å²) in [4.78, 5) is 4.76. The fourth-order valence-corrected chi connectivity index (χ4v) is 3.32. The van der Waals surface area contributed by atoms with Crippen molar-refractivity contribution < 1.29 is 4.74 Å². The smallest absolute Gasteiger partial charge is 0.125 e. The van der Waals surface area contributed by atoms with Crippen LogP contribution in [0.2, 0.25) is 0 Å². The van der Waals surface area contributed by atoms with Crippen molar-refractivity contribution in [3.05, 3.63) is 23.8 Å². The molecule has 0 bridgehead atoms. The van der Waals surface area contributed by atoms with Crippen molar-refractivity contribution in [2.75, 3.05) is 45.7 Å². The van der Waals surface area contributed by atoms with Crippen LogP contribution in [0.4, 0.5) is 5.69 Å². The summed E-state index contributed by atoms with van der Waals surface area (Å²) in [6, 6.07) is 6.22. The third-order valence-corrected chi connectivity index (χ3v) is 4.30. The van der Waals surface area contributed by atoms with E-state index >= 15 is 0 Å². The van der Waals surface area contributed by atoms with Gasteiger partial charge in [-0.1, -0.05) is 6.07 Å². The molecule has 0 radical (unpaired) electrons. The summed E-state index contributed by atoms with van der Waals surface area (Å²) in [7, 11) is 6.03. The fraction of sp³-hybridized carbons (Fsp3) is 0.647. The Kier molecular flexibility index (Phi) is 5.48. The van der Waals surface area contributed by atoms with Crippen LogP contribution in [0, 0.1) is 5.92 Å². The average molecular weight is 291 g/mol. The van der Waals surface area contributed by atoms with Crippen LogP contribution in [0.25, 0.3) is 0 Å². The number of benzene rings is 1. The zero-order chi connectivity index (χ0) is 15.4. The Bertz CT molecular complexity index is 451. The summed E-state index contributed by atoms with van der Waals surface area (Å²) in [5, 5.41) is 0. The summed E-state index contributed by atoms with van der Waals surface area (Å²) in [6.07, 6.45) is 2.49. The molecule has 0 unspecified atom stereocenters. The highest BCUT2D eigenvalue weighted by Gasteiger charge is 2.23. The molecule has 0 spiro atoms. The van der Waals surface area contributed by atoms with Crippen molar-refractivity contribution in [2.45, 2.75) is 25.8 Å². The Morgan fingerprint density at radius 3 is 2.52 bits per heavy atom. The topological polar surface area (TPSA) is 41.7 Å².